The normalized spacial score (nSPS) is 20.5. The lowest BCUT2D eigenvalue weighted by atomic mass is 9.77. The smallest absolute Gasteiger partial charge is 0.387 e. The molecule has 26 heavy (non-hydrogen) atoms. The first kappa shape index (κ1) is 19.1. The van der Waals surface area contributed by atoms with E-state index in [1.807, 2.05) is 17.0 Å². The van der Waals surface area contributed by atoms with Gasteiger partial charge in [0.25, 0.3) is 0 Å². The first-order valence-corrected chi connectivity index (χ1v) is 9.39. The molecule has 1 amide bonds. The fourth-order valence-corrected chi connectivity index (χ4v) is 4.14. The second kappa shape index (κ2) is 7.91. The van der Waals surface area contributed by atoms with Crippen LogP contribution in [0.5, 0.6) is 5.75 Å². The summed E-state index contributed by atoms with van der Waals surface area (Å²) in [5.74, 6) is 1.00. The van der Waals surface area contributed by atoms with Crippen LogP contribution in [0.15, 0.2) is 24.3 Å². The number of nitrogens with zero attached hydrogens (tertiary/aromatic N) is 2. The summed E-state index contributed by atoms with van der Waals surface area (Å²) in [6.07, 6.45) is 2.77. The molecule has 3 rings (SSSR count). The third-order valence-electron chi connectivity index (χ3n) is 5.46. The molecule has 0 unspecified atom stereocenters. The number of carbonyl (C=O) groups excluding carboxylic acids is 1. The minimum absolute atomic E-state index is 0.150. The summed E-state index contributed by atoms with van der Waals surface area (Å²) in [6, 6.07) is 6.86. The van der Waals surface area contributed by atoms with Gasteiger partial charge >= 0.3 is 6.61 Å². The topological polar surface area (TPSA) is 32.8 Å². The number of hydrogen-bond donors (Lipinski definition) is 0. The Morgan fingerprint density at radius 2 is 1.81 bits per heavy atom. The molecule has 2 saturated heterocycles. The van der Waals surface area contributed by atoms with Gasteiger partial charge in [-0.05, 0) is 55.0 Å². The molecule has 0 aliphatic carbocycles. The minimum Gasteiger partial charge on any atom is -0.435 e. The van der Waals surface area contributed by atoms with Crippen molar-refractivity contribution in [3.8, 4) is 5.75 Å². The zero-order valence-corrected chi connectivity index (χ0v) is 15.6. The lowest BCUT2D eigenvalue weighted by Crippen LogP contribution is -2.41. The average molecular weight is 366 g/mol. The molecule has 0 N–H and O–H groups in total. The van der Waals surface area contributed by atoms with Crippen LogP contribution in [-0.2, 0) is 11.3 Å². The summed E-state index contributed by atoms with van der Waals surface area (Å²) in [5.41, 5.74) is 1.24. The zero-order valence-electron chi connectivity index (χ0n) is 15.6. The lowest BCUT2D eigenvalue weighted by molar-refractivity contribution is -0.128. The van der Waals surface area contributed by atoms with Crippen molar-refractivity contribution in [3.63, 3.8) is 0 Å². The summed E-state index contributed by atoms with van der Waals surface area (Å²) in [4.78, 5) is 16.7. The highest BCUT2D eigenvalue weighted by molar-refractivity contribution is 5.79. The number of piperidine rings is 1. The first-order chi connectivity index (χ1) is 12.3. The SMILES string of the molecule is CC(C)CN1CC2(CCN(Cc3ccc(OC(F)F)cc3)CC2)CC1=O. The van der Waals surface area contributed by atoms with E-state index < -0.39 is 6.61 Å². The maximum absolute atomic E-state index is 12.3. The van der Waals surface area contributed by atoms with Gasteiger partial charge in [0.15, 0.2) is 0 Å². The molecule has 2 heterocycles. The van der Waals surface area contributed by atoms with Gasteiger partial charge in [-0.2, -0.15) is 8.78 Å². The highest BCUT2D eigenvalue weighted by Crippen LogP contribution is 2.41. The largest absolute Gasteiger partial charge is 0.435 e. The quantitative estimate of drug-likeness (QED) is 0.769. The van der Waals surface area contributed by atoms with Crippen molar-refractivity contribution in [3.05, 3.63) is 29.8 Å². The van der Waals surface area contributed by atoms with Crippen LogP contribution in [-0.4, -0.2) is 48.5 Å². The van der Waals surface area contributed by atoms with E-state index in [0.717, 1.165) is 51.1 Å². The van der Waals surface area contributed by atoms with Crippen molar-refractivity contribution in [2.24, 2.45) is 11.3 Å². The van der Waals surface area contributed by atoms with E-state index in [4.69, 9.17) is 0 Å². The molecule has 0 radical (unpaired) electrons. The van der Waals surface area contributed by atoms with Gasteiger partial charge < -0.3 is 9.64 Å². The molecule has 144 valence electrons. The minimum atomic E-state index is -2.79. The Morgan fingerprint density at radius 3 is 2.38 bits per heavy atom. The van der Waals surface area contributed by atoms with Crippen LogP contribution in [0.4, 0.5) is 8.78 Å². The maximum atomic E-state index is 12.3. The number of hydrogen-bond acceptors (Lipinski definition) is 3. The molecule has 2 aliphatic rings. The van der Waals surface area contributed by atoms with Crippen LogP contribution in [0.2, 0.25) is 0 Å². The van der Waals surface area contributed by atoms with Crippen LogP contribution >= 0.6 is 0 Å². The maximum Gasteiger partial charge on any atom is 0.387 e. The Morgan fingerprint density at radius 1 is 1.15 bits per heavy atom. The third kappa shape index (κ3) is 4.72. The Hall–Kier alpha value is -1.69. The Bertz CT molecular complexity index is 611. The molecule has 6 heteroatoms. The van der Waals surface area contributed by atoms with Crippen molar-refractivity contribution >= 4 is 5.91 Å². The number of alkyl halides is 2. The van der Waals surface area contributed by atoms with Crippen LogP contribution in [0.25, 0.3) is 0 Å². The monoisotopic (exact) mass is 366 g/mol. The van der Waals surface area contributed by atoms with Crippen LogP contribution in [0.3, 0.4) is 0 Å². The summed E-state index contributed by atoms with van der Waals surface area (Å²) in [6.45, 7) is 6.01. The lowest BCUT2D eigenvalue weighted by Gasteiger charge is -2.39. The van der Waals surface area contributed by atoms with E-state index in [1.165, 1.54) is 0 Å². The number of halogens is 2. The van der Waals surface area contributed by atoms with E-state index >= 15 is 0 Å². The molecule has 0 atom stereocenters. The summed E-state index contributed by atoms with van der Waals surface area (Å²) < 4.78 is 28.8. The van der Waals surface area contributed by atoms with Crippen molar-refractivity contribution in [1.29, 1.82) is 0 Å². The van der Waals surface area contributed by atoms with Crippen molar-refractivity contribution in [2.75, 3.05) is 26.2 Å². The number of amides is 1. The van der Waals surface area contributed by atoms with Gasteiger partial charge in [0.2, 0.25) is 5.91 Å². The van der Waals surface area contributed by atoms with Crippen LogP contribution in [0, 0.1) is 11.3 Å². The van der Waals surface area contributed by atoms with Gasteiger partial charge in [0.05, 0.1) is 0 Å². The molecule has 0 aromatic heterocycles. The fraction of sp³-hybridized carbons (Fsp3) is 0.650. The number of likely N-dealkylation sites (tertiary alicyclic amines) is 2. The molecule has 1 spiro atoms. The molecule has 0 bridgehead atoms. The van der Waals surface area contributed by atoms with Gasteiger partial charge in [-0.3, -0.25) is 9.69 Å². The number of rotatable bonds is 6. The highest BCUT2D eigenvalue weighted by atomic mass is 19.3. The Balaban J connectivity index is 1.50. The number of ether oxygens (including phenoxy) is 1. The van der Waals surface area contributed by atoms with Crippen LogP contribution < -0.4 is 4.74 Å². The van der Waals surface area contributed by atoms with Gasteiger partial charge in [-0.25, -0.2) is 0 Å². The standard InChI is InChI=1S/C20H28F2N2O2/c1-15(2)12-24-14-20(11-18(24)25)7-9-23(10-8-20)13-16-3-5-17(6-4-16)26-19(21)22/h3-6,15,19H,7-14H2,1-2H3. The average Bonchev–Trinajstić information content (AvgIpc) is 2.86. The predicted molar refractivity (Wildman–Crippen MR) is 96.1 cm³/mol. The third-order valence-corrected chi connectivity index (χ3v) is 5.46. The van der Waals surface area contributed by atoms with E-state index in [2.05, 4.69) is 23.5 Å². The molecule has 2 fully saturated rings. The first-order valence-electron chi connectivity index (χ1n) is 9.39. The molecular weight excluding hydrogens is 338 g/mol. The molecule has 1 aromatic rings. The van der Waals surface area contributed by atoms with E-state index in [9.17, 15) is 13.6 Å². The summed E-state index contributed by atoms with van der Waals surface area (Å²) in [7, 11) is 0. The molecule has 0 saturated carbocycles. The molecule has 1 aromatic carbocycles. The van der Waals surface area contributed by atoms with Gasteiger partial charge in [-0.15, -0.1) is 0 Å². The molecule has 2 aliphatic heterocycles. The molecule has 4 nitrogen and oxygen atoms in total. The van der Waals surface area contributed by atoms with E-state index in [0.29, 0.717) is 18.2 Å². The second-order valence-corrected chi connectivity index (χ2v) is 8.14. The zero-order chi connectivity index (χ0) is 18.7. The summed E-state index contributed by atoms with van der Waals surface area (Å²) >= 11 is 0. The highest BCUT2D eigenvalue weighted by Gasteiger charge is 2.44. The van der Waals surface area contributed by atoms with Gasteiger partial charge in [0.1, 0.15) is 5.75 Å². The van der Waals surface area contributed by atoms with Gasteiger partial charge in [-0.1, -0.05) is 26.0 Å². The predicted octanol–water partition coefficient (Wildman–Crippen LogP) is 3.76. The summed E-state index contributed by atoms with van der Waals surface area (Å²) in [5, 5.41) is 0. The van der Waals surface area contributed by atoms with E-state index in [1.54, 1.807) is 12.1 Å². The molecular formula is C20H28F2N2O2. The fourth-order valence-electron chi connectivity index (χ4n) is 4.14. The Kier molecular flexibility index (Phi) is 5.80. The number of benzene rings is 1. The van der Waals surface area contributed by atoms with Crippen molar-refractivity contribution in [2.45, 2.75) is 46.3 Å². The Labute approximate surface area is 154 Å². The second-order valence-electron chi connectivity index (χ2n) is 8.14. The van der Waals surface area contributed by atoms with E-state index in [-0.39, 0.29) is 11.2 Å². The van der Waals surface area contributed by atoms with Gasteiger partial charge in [0, 0.05) is 26.1 Å². The van der Waals surface area contributed by atoms with Crippen LogP contribution in [0.1, 0.15) is 38.7 Å². The van der Waals surface area contributed by atoms with Crippen molar-refractivity contribution in [1.82, 2.24) is 9.80 Å². The van der Waals surface area contributed by atoms with Crippen molar-refractivity contribution < 1.29 is 18.3 Å². The number of carbonyl (C=O) groups is 1.